The van der Waals surface area contributed by atoms with Crippen LogP contribution in [-0.4, -0.2) is 6.61 Å². The summed E-state index contributed by atoms with van der Waals surface area (Å²) in [6.45, 7) is 7.34. The topological polar surface area (TPSA) is 35.2 Å². The van der Waals surface area contributed by atoms with Crippen molar-refractivity contribution >= 4 is 0 Å². The van der Waals surface area contributed by atoms with Gasteiger partial charge in [-0.15, -0.1) is 0 Å². The Hall–Kier alpha value is -1.02. The van der Waals surface area contributed by atoms with Crippen molar-refractivity contribution in [2.45, 2.75) is 58.9 Å². The van der Waals surface area contributed by atoms with E-state index < -0.39 is 0 Å². The summed E-state index contributed by atoms with van der Waals surface area (Å²) < 4.78 is 5.79. The monoisotopic (exact) mass is 275 g/mol. The lowest BCUT2D eigenvalue weighted by atomic mass is 9.70. The summed E-state index contributed by atoms with van der Waals surface area (Å²) in [6, 6.07) is 8.41. The van der Waals surface area contributed by atoms with Crippen LogP contribution in [0.5, 0.6) is 5.75 Å². The molecule has 0 aliphatic heterocycles. The molecule has 1 saturated carbocycles. The number of ether oxygens (including phenoxy) is 1. The van der Waals surface area contributed by atoms with Crippen molar-refractivity contribution in [2.75, 3.05) is 6.61 Å². The van der Waals surface area contributed by atoms with Crippen molar-refractivity contribution in [1.29, 1.82) is 0 Å². The maximum Gasteiger partial charge on any atom is 0.124 e. The first-order chi connectivity index (χ1) is 9.59. The Kier molecular flexibility index (Phi) is 5.09. The minimum absolute atomic E-state index is 0.0927. The fraction of sp³-hybridized carbons (Fsp3) is 0.667. The van der Waals surface area contributed by atoms with Crippen LogP contribution in [0.15, 0.2) is 24.3 Å². The number of hydrogen-bond donors (Lipinski definition) is 1. The zero-order valence-electron chi connectivity index (χ0n) is 13.2. The lowest BCUT2D eigenvalue weighted by molar-refractivity contribution is 0.179. The van der Waals surface area contributed by atoms with Gasteiger partial charge in [0.1, 0.15) is 5.75 Å². The molecule has 1 aliphatic carbocycles. The lowest BCUT2D eigenvalue weighted by Gasteiger charge is -2.37. The van der Waals surface area contributed by atoms with Gasteiger partial charge in [0.25, 0.3) is 0 Å². The van der Waals surface area contributed by atoms with Gasteiger partial charge in [0.2, 0.25) is 0 Å². The Labute approximate surface area is 123 Å². The summed E-state index contributed by atoms with van der Waals surface area (Å²) >= 11 is 0. The summed E-state index contributed by atoms with van der Waals surface area (Å²) in [5.74, 6) is 1.66. The van der Waals surface area contributed by atoms with E-state index in [4.69, 9.17) is 10.5 Å². The standard InChI is InChI=1S/C18H29NO/c1-4-20-16-10-6-5-9-15(16)17(19)18(13-14(2)3)11-7-8-12-18/h5-6,9-10,14,17H,4,7-8,11-13,19H2,1-3H3. The van der Waals surface area contributed by atoms with Crippen LogP contribution in [0.2, 0.25) is 0 Å². The van der Waals surface area contributed by atoms with Gasteiger partial charge in [-0.3, -0.25) is 0 Å². The SMILES string of the molecule is CCOc1ccccc1C(N)C1(CC(C)C)CCCC1. The molecule has 1 aliphatic rings. The second kappa shape index (κ2) is 6.62. The largest absolute Gasteiger partial charge is 0.494 e. The smallest absolute Gasteiger partial charge is 0.124 e. The molecule has 1 aromatic rings. The molecule has 112 valence electrons. The maximum atomic E-state index is 6.73. The van der Waals surface area contributed by atoms with Gasteiger partial charge in [-0.25, -0.2) is 0 Å². The fourth-order valence-corrected chi connectivity index (χ4v) is 3.89. The molecule has 2 heteroatoms. The highest BCUT2D eigenvalue weighted by atomic mass is 16.5. The molecule has 0 aromatic heterocycles. The summed E-state index contributed by atoms with van der Waals surface area (Å²) in [4.78, 5) is 0. The predicted octanol–water partition coefficient (Wildman–Crippen LogP) is 4.69. The molecule has 0 heterocycles. The first kappa shape index (κ1) is 15.4. The van der Waals surface area contributed by atoms with Crippen LogP contribution in [0.4, 0.5) is 0 Å². The molecular weight excluding hydrogens is 246 g/mol. The molecule has 2 nitrogen and oxygen atoms in total. The van der Waals surface area contributed by atoms with Gasteiger partial charge in [-0.2, -0.15) is 0 Å². The minimum Gasteiger partial charge on any atom is -0.494 e. The normalized spacial score (nSPS) is 19.2. The van der Waals surface area contributed by atoms with Crippen LogP contribution in [0, 0.1) is 11.3 Å². The third-order valence-corrected chi connectivity index (χ3v) is 4.63. The molecule has 1 aromatic carbocycles. The number of para-hydroxylation sites is 1. The van der Waals surface area contributed by atoms with Gasteiger partial charge in [-0.05, 0) is 43.6 Å². The van der Waals surface area contributed by atoms with Crippen LogP contribution in [-0.2, 0) is 0 Å². The maximum absolute atomic E-state index is 6.73. The second-order valence-electron chi connectivity index (χ2n) is 6.62. The van der Waals surface area contributed by atoms with Crippen LogP contribution in [0.3, 0.4) is 0 Å². The molecule has 0 bridgehead atoms. The van der Waals surface area contributed by atoms with Crippen molar-refractivity contribution in [2.24, 2.45) is 17.1 Å². The van der Waals surface area contributed by atoms with Crippen LogP contribution >= 0.6 is 0 Å². The predicted molar refractivity (Wildman–Crippen MR) is 84.9 cm³/mol. The van der Waals surface area contributed by atoms with E-state index in [9.17, 15) is 0 Å². The van der Waals surface area contributed by atoms with Crippen LogP contribution < -0.4 is 10.5 Å². The van der Waals surface area contributed by atoms with E-state index >= 15 is 0 Å². The summed E-state index contributed by atoms with van der Waals surface area (Å²) in [7, 11) is 0. The summed E-state index contributed by atoms with van der Waals surface area (Å²) in [6.07, 6.45) is 6.36. The molecule has 2 N–H and O–H groups in total. The highest BCUT2D eigenvalue weighted by molar-refractivity contribution is 5.37. The van der Waals surface area contributed by atoms with Gasteiger partial charge in [0.05, 0.1) is 6.61 Å². The third-order valence-electron chi connectivity index (χ3n) is 4.63. The van der Waals surface area contributed by atoms with E-state index in [0.717, 1.165) is 5.75 Å². The summed E-state index contributed by atoms with van der Waals surface area (Å²) in [5, 5.41) is 0. The molecule has 20 heavy (non-hydrogen) atoms. The van der Waals surface area contributed by atoms with E-state index in [1.54, 1.807) is 0 Å². The quantitative estimate of drug-likeness (QED) is 0.817. The third kappa shape index (κ3) is 3.17. The van der Waals surface area contributed by atoms with Gasteiger partial charge in [0.15, 0.2) is 0 Å². The molecule has 2 rings (SSSR count). The van der Waals surface area contributed by atoms with Crippen molar-refractivity contribution in [1.82, 2.24) is 0 Å². The highest BCUT2D eigenvalue weighted by Crippen LogP contribution is 2.51. The highest BCUT2D eigenvalue weighted by Gasteiger charge is 2.41. The first-order valence-electron chi connectivity index (χ1n) is 8.06. The van der Waals surface area contributed by atoms with Crippen LogP contribution in [0.25, 0.3) is 0 Å². The lowest BCUT2D eigenvalue weighted by Crippen LogP contribution is -2.34. The Morgan fingerprint density at radius 1 is 1.20 bits per heavy atom. The Bertz CT molecular complexity index is 421. The first-order valence-corrected chi connectivity index (χ1v) is 8.06. The Morgan fingerprint density at radius 3 is 2.45 bits per heavy atom. The average Bonchev–Trinajstić information content (AvgIpc) is 2.88. The van der Waals surface area contributed by atoms with Gasteiger partial charge < -0.3 is 10.5 Å². The number of nitrogens with two attached hydrogens (primary N) is 1. The van der Waals surface area contributed by atoms with Gasteiger partial charge in [0, 0.05) is 11.6 Å². The summed E-state index contributed by atoms with van der Waals surface area (Å²) in [5.41, 5.74) is 8.19. The van der Waals surface area contributed by atoms with E-state index in [1.165, 1.54) is 37.7 Å². The fourth-order valence-electron chi connectivity index (χ4n) is 3.89. The van der Waals surface area contributed by atoms with Gasteiger partial charge in [-0.1, -0.05) is 44.9 Å². The molecule has 1 unspecified atom stereocenters. The Balaban J connectivity index is 2.30. The van der Waals surface area contributed by atoms with E-state index in [0.29, 0.717) is 12.5 Å². The molecule has 0 amide bonds. The molecule has 0 saturated heterocycles. The van der Waals surface area contributed by atoms with Crippen molar-refractivity contribution in [3.63, 3.8) is 0 Å². The van der Waals surface area contributed by atoms with Crippen molar-refractivity contribution in [3.05, 3.63) is 29.8 Å². The molecule has 0 radical (unpaired) electrons. The average molecular weight is 275 g/mol. The molecule has 0 spiro atoms. The second-order valence-corrected chi connectivity index (χ2v) is 6.62. The number of benzene rings is 1. The van der Waals surface area contributed by atoms with Crippen LogP contribution in [0.1, 0.15) is 64.5 Å². The molecular formula is C18H29NO. The van der Waals surface area contributed by atoms with Crippen molar-refractivity contribution < 1.29 is 4.74 Å². The number of hydrogen-bond acceptors (Lipinski definition) is 2. The van der Waals surface area contributed by atoms with E-state index in [2.05, 4.69) is 32.0 Å². The minimum atomic E-state index is 0.0927. The molecule has 1 fully saturated rings. The van der Waals surface area contributed by atoms with E-state index in [-0.39, 0.29) is 11.5 Å². The van der Waals surface area contributed by atoms with E-state index in [1.807, 2.05) is 13.0 Å². The molecule has 1 atom stereocenters. The zero-order chi connectivity index (χ0) is 14.6. The van der Waals surface area contributed by atoms with Gasteiger partial charge >= 0.3 is 0 Å². The van der Waals surface area contributed by atoms with Crippen molar-refractivity contribution in [3.8, 4) is 5.75 Å². The number of rotatable bonds is 6. The zero-order valence-corrected chi connectivity index (χ0v) is 13.2. The Morgan fingerprint density at radius 2 is 1.85 bits per heavy atom.